The van der Waals surface area contributed by atoms with Gasteiger partial charge in [0, 0.05) is 6.61 Å². The summed E-state index contributed by atoms with van der Waals surface area (Å²) < 4.78 is 5.31. The molecule has 1 aliphatic carbocycles. The van der Waals surface area contributed by atoms with Crippen molar-refractivity contribution in [1.29, 1.82) is 0 Å². The number of rotatable bonds is 4. The Labute approximate surface area is 73.1 Å². The lowest BCUT2D eigenvalue weighted by Gasteiger charge is -2.08. The molecule has 2 N–H and O–H groups in total. The van der Waals surface area contributed by atoms with Gasteiger partial charge in [-0.1, -0.05) is 25.1 Å². The Morgan fingerprint density at radius 3 is 2.64 bits per heavy atom. The Morgan fingerprint density at radius 2 is 2.09 bits per heavy atom. The topological polar surface area (TPSA) is 35.2 Å². The number of ether oxygens (including phenoxy) is 1. The Morgan fingerprint density at radius 1 is 1.45 bits per heavy atom. The van der Waals surface area contributed by atoms with Gasteiger partial charge in [-0.3, -0.25) is 0 Å². The van der Waals surface area contributed by atoms with Crippen molar-refractivity contribution in [3.8, 4) is 0 Å². The van der Waals surface area contributed by atoms with E-state index in [2.05, 4.69) is 12.2 Å². The number of hydrogen-bond donors (Lipinski definition) is 1. The van der Waals surface area contributed by atoms with Gasteiger partial charge in [0.15, 0.2) is 0 Å². The van der Waals surface area contributed by atoms with Crippen molar-refractivity contribution in [2.24, 2.45) is 11.7 Å². The summed E-state index contributed by atoms with van der Waals surface area (Å²) in [6.07, 6.45) is 5.36. The molecule has 1 saturated carbocycles. The zero-order valence-electron chi connectivity index (χ0n) is 6.71. The van der Waals surface area contributed by atoms with Crippen molar-refractivity contribution in [2.45, 2.75) is 25.7 Å². The van der Waals surface area contributed by atoms with Gasteiger partial charge in [0.25, 0.3) is 0 Å². The molecular formula is C8H15NOS. The van der Waals surface area contributed by atoms with E-state index in [1.54, 1.807) is 0 Å². The molecule has 0 unspecified atom stereocenters. The number of hydrogen-bond acceptors (Lipinski definition) is 2. The van der Waals surface area contributed by atoms with Crippen LogP contribution in [0.3, 0.4) is 0 Å². The summed E-state index contributed by atoms with van der Waals surface area (Å²) in [5, 5.41) is 0. The largest absolute Gasteiger partial charge is 0.391 e. The van der Waals surface area contributed by atoms with Crippen molar-refractivity contribution in [3.05, 3.63) is 0 Å². The van der Waals surface area contributed by atoms with Crippen LogP contribution in [0.5, 0.6) is 0 Å². The van der Waals surface area contributed by atoms with E-state index in [0.717, 1.165) is 12.5 Å². The van der Waals surface area contributed by atoms with Crippen molar-refractivity contribution < 1.29 is 4.74 Å². The molecule has 0 aliphatic heterocycles. The van der Waals surface area contributed by atoms with E-state index >= 15 is 0 Å². The van der Waals surface area contributed by atoms with Crippen LogP contribution in [0, 0.1) is 5.92 Å². The Kier molecular flexibility index (Phi) is 3.80. The normalized spacial score (nSPS) is 18.9. The standard InChI is InChI=1S/C8H15NOS/c9-8(11)6-10-5-7-3-1-2-4-7/h7H,1-6H2,(H2,9,11). The summed E-state index contributed by atoms with van der Waals surface area (Å²) in [6.45, 7) is 1.29. The fourth-order valence-electron chi connectivity index (χ4n) is 1.50. The van der Waals surface area contributed by atoms with Gasteiger partial charge >= 0.3 is 0 Å². The minimum absolute atomic E-state index is 0.450. The molecule has 0 aromatic heterocycles. The lowest BCUT2D eigenvalue weighted by molar-refractivity contribution is 0.133. The lowest BCUT2D eigenvalue weighted by atomic mass is 10.1. The maximum absolute atomic E-state index is 5.31. The molecule has 64 valence electrons. The average Bonchev–Trinajstić information content (AvgIpc) is 2.39. The molecule has 0 amide bonds. The first-order valence-corrected chi connectivity index (χ1v) is 4.56. The van der Waals surface area contributed by atoms with Gasteiger partial charge < -0.3 is 10.5 Å². The van der Waals surface area contributed by atoms with E-state index in [1.165, 1.54) is 25.7 Å². The molecule has 0 atom stereocenters. The summed E-state index contributed by atoms with van der Waals surface area (Å²) in [7, 11) is 0. The van der Waals surface area contributed by atoms with Crippen molar-refractivity contribution in [2.75, 3.05) is 13.2 Å². The molecule has 1 aliphatic rings. The first kappa shape index (κ1) is 8.94. The highest BCUT2D eigenvalue weighted by Crippen LogP contribution is 2.24. The molecule has 0 spiro atoms. The highest BCUT2D eigenvalue weighted by molar-refractivity contribution is 7.80. The molecule has 2 nitrogen and oxygen atoms in total. The molecule has 11 heavy (non-hydrogen) atoms. The summed E-state index contributed by atoms with van der Waals surface area (Å²) in [6, 6.07) is 0. The first-order valence-electron chi connectivity index (χ1n) is 4.15. The van der Waals surface area contributed by atoms with Crippen LogP contribution in [0.15, 0.2) is 0 Å². The van der Waals surface area contributed by atoms with Crippen molar-refractivity contribution >= 4 is 17.2 Å². The van der Waals surface area contributed by atoms with Crippen molar-refractivity contribution in [1.82, 2.24) is 0 Å². The molecule has 1 fully saturated rings. The SMILES string of the molecule is NC(=S)COCC1CCCC1. The molecule has 0 heterocycles. The van der Waals surface area contributed by atoms with Crippen LogP contribution < -0.4 is 5.73 Å². The smallest absolute Gasteiger partial charge is 0.0989 e. The maximum atomic E-state index is 5.31. The van der Waals surface area contributed by atoms with Gasteiger partial charge in [-0.25, -0.2) is 0 Å². The third kappa shape index (κ3) is 3.68. The van der Waals surface area contributed by atoms with Crippen LogP contribution in [0.2, 0.25) is 0 Å². The van der Waals surface area contributed by atoms with Gasteiger partial charge in [-0.2, -0.15) is 0 Å². The van der Waals surface area contributed by atoms with E-state index < -0.39 is 0 Å². The fraction of sp³-hybridized carbons (Fsp3) is 0.875. The highest BCUT2D eigenvalue weighted by Gasteiger charge is 2.14. The third-order valence-corrected chi connectivity index (χ3v) is 2.19. The third-order valence-electron chi connectivity index (χ3n) is 2.07. The fourth-order valence-corrected chi connectivity index (χ4v) is 1.59. The first-order chi connectivity index (χ1) is 5.29. The van der Waals surface area contributed by atoms with Gasteiger partial charge in [-0.05, 0) is 18.8 Å². The predicted octanol–water partition coefficient (Wildman–Crippen LogP) is 1.48. The van der Waals surface area contributed by atoms with Crippen LogP contribution in [0.4, 0.5) is 0 Å². The van der Waals surface area contributed by atoms with Crippen LogP contribution in [0.1, 0.15) is 25.7 Å². The minimum Gasteiger partial charge on any atom is -0.391 e. The summed E-state index contributed by atoms with van der Waals surface area (Å²) >= 11 is 4.69. The molecule has 0 radical (unpaired) electrons. The summed E-state index contributed by atoms with van der Waals surface area (Å²) in [5.41, 5.74) is 5.28. The van der Waals surface area contributed by atoms with Gasteiger partial charge in [0.2, 0.25) is 0 Å². The van der Waals surface area contributed by atoms with Crippen LogP contribution >= 0.6 is 12.2 Å². The Balaban J connectivity index is 1.98. The summed E-state index contributed by atoms with van der Waals surface area (Å²) in [4.78, 5) is 0.461. The lowest BCUT2D eigenvalue weighted by Crippen LogP contribution is -2.18. The van der Waals surface area contributed by atoms with Gasteiger partial charge in [0.05, 0.1) is 11.6 Å². The number of nitrogens with two attached hydrogens (primary N) is 1. The van der Waals surface area contributed by atoms with Gasteiger partial charge in [-0.15, -0.1) is 0 Å². The minimum atomic E-state index is 0.450. The Bertz CT molecular complexity index is 132. The van der Waals surface area contributed by atoms with E-state index in [9.17, 15) is 0 Å². The average molecular weight is 173 g/mol. The van der Waals surface area contributed by atoms with Crippen LogP contribution in [0.25, 0.3) is 0 Å². The molecule has 0 aromatic rings. The zero-order chi connectivity index (χ0) is 8.10. The summed E-state index contributed by atoms with van der Waals surface area (Å²) in [5.74, 6) is 0.768. The monoisotopic (exact) mass is 173 g/mol. The number of thiocarbonyl (C=S) groups is 1. The van der Waals surface area contributed by atoms with E-state index in [0.29, 0.717) is 11.6 Å². The Hall–Kier alpha value is -0.150. The van der Waals surface area contributed by atoms with Crippen molar-refractivity contribution in [3.63, 3.8) is 0 Å². The van der Waals surface area contributed by atoms with E-state index in [1.807, 2.05) is 0 Å². The van der Waals surface area contributed by atoms with Crippen LogP contribution in [-0.4, -0.2) is 18.2 Å². The molecule has 0 bridgehead atoms. The molecule has 0 aromatic carbocycles. The molecule has 3 heteroatoms. The quantitative estimate of drug-likeness (QED) is 0.654. The second-order valence-corrected chi connectivity index (χ2v) is 3.66. The molecule has 0 saturated heterocycles. The maximum Gasteiger partial charge on any atom is 0.0989 e. The van der Waals surface area contributed by atoms with E-state index in [-0.39, 0.29) is 0 Å². The predicted molar refractivity (Wildman–Crippen MR) is 49.6 cm³/mol. The van der Waals surface area contributed by atoms with Crippen LogP contribution in [-0.2, 0) is 4.74 Å². The molecular weight excluding hydrogens is 158 g/mol. The van der Waals surface area contributed by atoms with Gasteiger partial charge in [0.1, 0.15) is 0 Å². The second kappa shape index (κ2) is 4.67. The zero-order valence-corrected chi connectivity index (χ0v) is 7.53. The highest BCUT2D eigenvalue weighted by atomic mass is 32.1. The molecule has 1 rings (SSSR count). The van der Waals surface area contributed by atoms with E-state index in [4.69, 9.17) is 10.5 Å². The second-order valence-electron chi connectivity index (χ2n) is 3.13.